The summed E-state index contributed by atoms with van der Waals surface area (Å²) >= 11 is 0. The highest BCUT2D eigenvalue weighted by molar-refractivity contribution is 5.98. The Morgan fingerprint density at radius 1 is 1.36 bits per heavy atom. The second kappa shape index (κ2) is 3.02. The number of carbonyl (C=O) groups is 1. The van der Waals surface area contributed by atoms with Crippen molar-refractivity contribution in [3.05, 3.63) is 18.2 Å². The Balaban J connectivity index is 2.30. The van der Waals surface area contributed by atoms with Crippen LogP contribution >= 0.6 is 0 Å². The standard InChI is InChI=1S/C7H9N6O/c1-12-7(14)13(2)11-6(10-12)5-8-3-4-9-5/h3-4H,1-2H3,(H,8,9). The highest BCUT2D eigenvalue weighted by Gasteiger charge is 2.25. The molecule has 1 aliphatic heterocycles. The Labute approximate surface area is 80.4 Å². The summed E-state index contributed by atoms with van der Waals surface area (Å²) in [5.74, 6) is 0.927. The molecule has 1 aliphatic rings. The van der Waals surface area contributed by atoms with Gasteiger partial charge in [-0.25, -0.2) is 19.8 Å². The maximum atomic E-state index is 11.3. The quantitative estimate of drug-likeness (QED) is 0.657. The zero-order chi connectivity index (χ0) is 10.1. The zero-order valence-electron chi connectivity index (χ0n) is 7.80. The van der Waals surface area contributed by atoms with Gasteiger partial charge in [0, 0.05) is 26.5 Å². The highest BCUT2D eigenvalue weighted by atomic mass is 16.2. The average Bonchev–Trinajstić information content (AvgIpc) is 2.66. The van der Waals surface area contributed by atoms with Gasteiger partial charge in [-0.05, 0) is 0 Å². The second-order valence-electron chi connectivity index (χ2n) is 2.79. The van der Waals surface area contributed by atoms with E-state index in [9.17, 15) is 4.79 Å². The van der Waals surface area contributed by atoms with E-state index in [1.807, 2.05) is 0 Å². The number of H-pyrrole nitrogens is 1. The molecule has 0 fully saturated rings. The first-order chi connectivity index (χ1) is 6.68. The lowest BCUT2D eigenvalue weighted by atomic mass is 10.5. The molecule has 0 saturated carbocycles. The van der Waals surface area contributed by atoms with Crippen LogP contribution in [-0.4, -0.2) is 45.9 Å². The number of hydrogen-bond donors (Lipinski definition) is 1. The van der Waals surface area contributed by atoms with Crippen LogP contribution in [0.4, 0.5) is 4.79 Å². The lowest BCUT2D eigenvalue weighted by Gasteiger charge is -2.25. The van der Waals surface area contributed by atoms with Crippen molar-refractivity contribution in [2.75, 3.05) is 14.1 Å². The molecule has 0 aliphatic carbocycles. The van der Waals surface area contributed by atoms with Crippen LogP contribution in [0.3, 0.4) is 0 Å². The number of amidine groups is 1. The number of amides is 2. The van der Waals surface area contributed by atoms with Crippen LogP contribution in [0, 0.1) is 0 Å². The van der Waals surface area contributed by atoms with Crippen molar-refractivity contribution in [3.63, 3.8) is 0 Å². The molecule has 2 heterocycles. The molecule has 0 atom stereocenters. The van der Waals surface area contributed by atoms with Crippen molar-refractivity contribution in [1.29, 1.82) is 0 Å². The zero-order valence-corrected chi connectivity index (χ0v) is 7.80. The van der Waals surface area contributed by atoms with Gasteiger partial charge in [-0.1, -0.05) is 0 Å². The average molecular weight is 193 g/mol. The van der Waals surface area contributed by atoms with Gasteiger partial charge >= 0.3 is 6.03 Å². The van der Waals surface area contributed by atoms with Gasteiger partial charge in [0.1, 0.15) is 0 Å². The Morgan fingerprint density at radius 2 is 2.14 bits per heavy atom. The lowest BCUT2D eigenvalue weighted by molar-refractivity contribution is 0.155. The summed E-state index contributed by atoms with van der Waals surface area (Å²) in [6.45, 7) is 0. The smallest absolute Gasteiger partial charge is 0.342 e. The predicted molar refractivity (Wildman–Crippen MR) is 48.2 cm³/mol. The summed E-state index contributed by atoms with van der Waals surface area (Å²) in [6.07, 6.45) is 3.27. The first kappa shape index (κ1) is 8.54. The topological polar surface area (TPSA) is 78.7 Å². The molecule has 0 unspecified atom stereocenters. The molecule has 14 heavy (non-hydrogen) atoms. The Bertz CT molecular complexity index is 370. The van der Waals surface area contributed by atoms with E-state index < -0.39 is 0 Å². The summed E-state index contributed by atoms with van der Waals surface area (Å²) < 4.78 is 0. The van der Waals surface area contributed by atoms with Crippen LogP contribution < -0.4 is 5.43 Å². The molecule has 0 aromatic carbocycles. The number of urea groups is 1. The van der Waals surface area contributed by atoms with E-state index >= 15 is 0 Å². The number of nitrogens with zero attached hydrogens (tertiary/aromatic N) is 5. The molecule has 2 rings (SSSR count). The molecule has 1 aromatic heterocycles. The molecule has 1 aromatic rings. The van der Waals surface area contributed by atoms with E-state index in [0.29, 0.717) is 11.7 Å². The summed E-state index contributed by atoms with van der Waals surface area (Å²) in [5, 5.41) is 6.38. The largest absolute Gasteiger partial charge is 0.360 e. The molecule has 2 amide bonds. The monoisotopic (exact) mass is 193 g/mol. The van der Waals surface area contributed by atoms with Crippen LogP contribution in [0.2, 0.25) is 0 Å². The first-order valence-electron chi connectivity index (χ1n) is 4.00. The van der Waals surface area contributed by atoms with E-state index in [1.165, 1.54) is 10.0 Å². The lowest BCUT2D eigenvalue weighted by Crippen LogP contribution is -2.48. The van der Waals surface area contributed by atoms with Gasteiger partial charge in [-0.15, -0.1) is 10.5 Å². The van der Waals surface area contributed by atoms with Crippen molar-refractivity contribution in [2.45, 2.75) is 0 Å². The van der Waals surface area contributed by atoms with Crippen LogP contribution in [0.15, 0.2) is 17.5 Å². The molecule has 0 saturated heterocycles. The molecule has 7 heteroatoms. The molecule has 73 valence electrons. The highest BCUT2D eigenvalue weighted by Crippen LogP contribution is 2.04. The fourth-order valence-corrected chi connectivity index (χ4v) is 1.08. The Hall–Kier alpha value is -2.05. The van der Waals surface area contributed by atoms with E-state index in [1.54, 1.807) is 26.5 Å². The fourth-order valence-electron chi connectivity index (χ4n) is 1.08. The maximum absolute atomic E-state index is 11.3. The van der Waals surface area contributed by atoms with Gasteiger partial charge in [-0.3, -0.25) is 0 Å². The van der Waals surface area contributed by atoms with E-state index in [-0.39, 0.29) is 6.03 Å². The minimum absolute atomic E-state index is 0.277. The summed E-state index contributed by atoms with van der Waals surface area (Å²) in [7, 11) is 3.13. The van der Waals surface area contributed by atoms with Crippen molar-refractivity contribution in [2.24, 2.45) is 5.10 Å². The number of hydrazone groups is 1. The third-order valence-electron chi connectivity index (χ3n) is 1.75. The van der Waals surface area contributed by atoms with E-state index in [2.05, 4.69) is 20.5 Å². The second-order valence-corrected chi connectivity index (χ2v) is 2.79. The molecule has 7 nitrogen and oxygen atoms in total. The third kappa shape index (κ3) is 1.28. The number of nitrogens with one attached hydrogen (secondary N) is 1. The van der Waals surface area contributed by atoms with E-state index in [4.69, 9.17) is 0 Å². The van der Waals surface area contributed by atoms with Crippen molar-refractivity contribution >= 4 is 11.9 Å². The van der Waals surface area contributed by atoms with Gasteiger partial charge in [0.05, 0.1) is 0 Å². The van der Waals surface area contributed by atoms with Crippen molar-refractivity contribution < 1.29 is 4.79 Å². The summed E-state index contributed by atoms with van der Waals surface area (Å²) in [6, 6.07) is -0.277. The number of carbonyl (C=O) groups excluding carboxylic acids is 1. The normalized spacial score (nSPS) is 16.7. The van der Waals surface area contributed by atoms with Gasteiger partial charge in [-0.2, -0.15) is 0 Å². The van der Waals surface area contributed by atoms with Crippen molar-refractivity contribution in [1.82, 2.24) is 25.4 Å². The van der Waals surface area contributed by atoms with Gasteiger partial charge in [0.2, 0.25) is 5.84 Å². The molecule has 0 spiro atoms. The predicted octanol–water partition coefficient (Wildman–Crippen LogP) is -0.412. The van der Waals surface area contributed by atoms with Gasteiger partial charge < -0.3 is 4.98 Å². The SMILES string of the molecule is CN1[N]C(c2ncc[nH]2)=NN(C)C1=O. The van der Waals surface area contributed by atoms with Crippen LogP contribution in [-0.2, 0) is 0 Å². The van der Waals surface area contributed by atoms with Crippen LogP contribution in [0.5, 0.6) is 0 Å². The molecule has 1 radical (unpaired) electrons. The molecular weight excluding hydrogens is 184 g/mol. The first-order valence-corrected chi connectivity index (χ1v) is 4.00. The van der Waals surface area contributed by atoms with Crippen LogP contribution in [0.1, 0.15) is 5.82 Å². The molecular formula is C7H9N6O. The third-order valence-corrected chi connectivity index (χ3v) is 1.75. The van der Waals surface area contributed by atoms with Crippen molar-refractivity contribution in [3.8, 4) is 0 Å². The minimum atomic E-state index is -0.277. The number of imidazole rings is 1. The summed E-state index contributed by atoms with van der Waals surface area (Å²) in [4.78, 5) is 18.1. The minimum Gasteiger partial charge on any atom is -0.342 e. The van der Waals surface area contributed by atoms with Gasteiger partial charge in [0.15, 0.2) is 5.82 Å². The number of aromatic nitrogens is 2. The number of hydrogen-bond acceptors (Lipinski definition) is 3. The Morgan fingerprint density at radius 3 is 2.71 bits per heavy atom. The van der Waals surface area contributed by atoms with Gasteiger partial charge in [0.25, 0.3) is 0 Å². The summed E-state index contributed by atoms with van der Waals surface area (Å²) in [5.41, 5.74) is 3.95. The Kier molecular flexibility index (Phi) is 1.84. The van der Waals surface area contributed by atoms with E-state index in [0.717, 1.165) is 0 Å². The molecule has 1 N–H and O–H groups in total. The number of aromatic amines is 1. The van der Waals surface area contributed by atoms with Crippen LogP contribution in [0.25, 0.3) is 0 Å². The maximum Gasteiger partial charge on any atom is 0.360 e. The fraction of sp³-hybridized carbons (Fsp3) is 0.286. The molecule has 0 bridgehead atoms. The number of rotatable bonds is 1.